The molecule has 1 heterocycles. The zero-order chi connectivity index (χ0) is 14.7. The van der Waals surface area contributed by atoms with E-state index in [9.17, 15) is 14.9 Å². The minimum atomic E-state index is -0.566. The molecule has 0 saturated carbocycles. The lowest BCUT2D eigenvalue weighted by Crippen LogP contribution is -2.15. The van der Waals surface area contributed by atoms with Crippen LogP contribution >= 0.6 is 15.9 Å². The van der Waals surface area contributed by atoms with Gasteiger partial charge in [0, 0.05) is 18.5 Å². The lowest BCUT2D eigenvalue weighted by atomic mass is 10.1. The summed E-state index contributed by atoms with van der Waals surface area (Å²) in [6.45, 7) is 1.66. The SMILES string of the molecule is Cc1cccc([N+](=O)[O-])c1C(=O)Nc1ccncc1Br. The van der Waals surface area contributed by atoms with Crippen LogP contribution in [0.15, 0.2) is 41.1 Å². The molecule has 2 aromatic rings. The maximum Gasteiger partial charge on any atom is 0.282 e. The third-order valence-electron chi connectivity index (χ3n) is 2.70. The Balaban J connectivity index is 2.40. The molecule has 1 aromatic carbocycles. The Morgan fingerprint density at radius 2 is 2.15 bits per heavy atom. The minimum Gasteiger partial charge on any atom is -0.321 e. The predicted molar refractivity (Wildman–Crippen MR) is 77.7 cm³/mol. The van der Waals surface area contributed by atoms with E-state index in [1.807, 2.05) is 0 Å². The molecule has 0 spiro atoms. The normalized spacial score (nSPS) is 10.1. The Morgan fingerprint density at radius 1 is 1.40 bits per heavy atom. The summed E-state index contributed by atoms with van der Waals surface area (Å²) in [5, 5.41) is 13.6. The van der Waals surface area contributed by atoms with Crippen molar-refractivity contribution in [3.05, 3.63) is 62.4 Å². The molecule has 7 heteroatoms. The van der Waals surface area contributed by atoms with E-state index in [2.05, 4.69) is 26.2 Å². The first-order chi connectivity index (χ1) is 9.50. The van der Waals surface area contributed by atoms with Crippen molar-refractivity contribution in [2.75, 3.05) is 5.32 Å². The number of benzene rings is 1. The molecule has 0 saturated heterocycles. The van der Waals surface area contributed by atoms with Crippen LogP contribution in [0.2, 0.25) is 0 Å². The summed E-state index contributed by atoms with van der Waals surface area (Å²) in [7, 11) is 0. The van der Waals surface area contributed by atoms with E-state index in [-0.39, 0.29) is 11.3 Å². The van der Waals surface area contributed by atoms with Gasteiger partial charge in [0.25, 0.3) is 11.6 Å². The molecule has 0 aliphatic heterocycles. The fourth-order valence-electron chi connectivity index (χ4n) is 1.76. The van der Waals surface area contributed by atoms with Gasteiger partial charge in [-0.05, 0) is 34.5 Å². The van der Waals surface area contributed by atoms with Crippen molar-refractivity contribution in [3.63, 3.8) is 0 Å². The molecular weight excluding hydrogens is 326 g/mol. The first-order valence-corrected chi connectivity index (χ1v) is 6.45. The average Bonchev–Trinajstić information content (AvgIpc) is 2.40. The number of nitro groups is 1. The molecule has 0 unspecified atom stereocenters. The lowest BCUT2D eigenvalue weighted by Gasteiger charge is -2.09. The van der Waals surface area contributed by atoms with Crippen molar-refractivity contribution >= 4 is 33.2 Å². The smallest absolute Gasteiger partial charge is 0.282 e. The van der Waals surface area contributed by atoms with Crippen LogP contribution in [0.3, 0.4) is 0 Å². The summed E-state index contributed by atoms with van der Waals surface area (Å²) in [5.41, 5.74) is 0.887. The number of amides is 1. The number of nitrogens with zero attached hydrogens (tertiary/aromatic N) is 2. The van der Waals surface area contributed by atoms with Crippen LogP contribution in [0.5, 0.6) is 0 Å². The molecule has 6 nitrogen and oxygen atoms in total. The maximum atomic E-state index is 12.3. The molecule has 0 bridgehead atoms. The van der Waals surface area contributed by atoms with E-state index in [0.717, 1.165) is 0 Å². The zero-order valence-corrected chi connectivity index (χ0v) is 12.0. The van der Waals surface area contributed by atoms with Gasteiger partial charge in [-0.2, -0.15) is 0 Å². The molecule has 0 atom stereocenters. The number of pyridine rings is 1. The predicted octanol–water partition coefficient (Wildman–Crippen LogP) is 3.31. The molecular formula is C13H10BrN3O3. The van der Waals surface area contributed by atoms with Gasteiger partial charge in [0.2, 0.25) is 0 Å². The van der Waals surface area contributed by atoms with Gasteiger partial charge in [-0.15, -0.1) is 0 Å². The van der Waals surface area contributed by atoms with Crippen molar-refractivity contribution in [2.45, 2.75) is 6.92 Å². The first-order valence-electron chi connectivity index (χ1n) is 5.65. The molecule has 1 amide bonds. The number of anilines is 1. The largest absolute Gasteiger partial charge is 0.321 e. The number of aromatic nitrogens is 1. The van der Waals surface area contributed by atoms with Crippen LogP contribution in [-0.4, -0.2) is 15.8 Å². The molecule has 2 rings (SSSR count). The summed E-state index contributed by atoms with van der Waals surface area (Å²) in [4.78, 5) is 26.6. The van der Waals surface area contributed by atoms with Crippen LogP contribution in [0.25, 0.3) is 0 Å². The number of aryl methyl sites for hydroxylation is 1. The molecule has 0 radical (unpaired) electrons. The molecule has 20 heavy (non-hydrogen) atoms. The van der Waals surface area contributed by atoms with E-state index in [4.69, 9.17) is 0 Å². The minimum absolute atomic E-state index is 0.0567. The summed E-state index contributed by atoms with van der Waals surface area (Å²) >= 11 is 3.25. The number of hydrogen-bond donors (Lipinski definition) is 1. The Labute approximate surface area is 123 Å². The van der Waals surface area contributed by atoms with Crippen molar-refractivity contribution in [1.82, 2.24) is 4.98 Å². The highest BCUT2D eigenvalue weighted by molar-refractivity contribution is 9.10. The summed E-state index contributed by atoms with van der Waals surface area (Å²) in [6, 6.07) is 6.12. The number of nitrogens with one attached hydrogen (secondary N) is 1. The number of carbonyl (C=O) groups is 1. The Morgan fingerprint density at radius 3 is 2.80 bits per heavy atom. The molecule has 0 fully saturated rings. The Kier molecular flexibility index (Phi) is 4.09. The van der Waals surface area contributed by atoms with E-state index in [1.165, 1.54) is 18.5 Å². The van der Waals surface area contributed by atoms with Crippen molar-refractivity contribution < 1.29 is 9.72 Å². The van der Waals surface area contributed by atoms with Crippen LogP contribution in [0.4, 0.5) is 11.4 Å². The van der Waals surface area contributed by atoms with E-state index in [1.54, 1.807) is 25.1 Å². The monoisotopic (exact) mass is 335 g/mol. The van der Waals surface area contributed by atoms with E-state index >= 15 is 0 Å². The van der Waals surface area contributed by atoms with Gasteiger partial charge in [-0.3, -0.25) is 19.9 Å². The third kappa shape index (κ3) is 2.83. The molecule has 0 aliphatic rings. The standard InChI is InChI=1S/C13H10BrN3O3/c1-8-3-2-4-11(17(19)20)12(8)13(18)16-10-5-6-15-7-9(10)14/h2-7H,1H3,(H,15,16,18). The Bertz CT molecular complexity index is 688. The van der Waals surface area contributed by atoms with E-state index < -0.39 is 10.8 Å². The highest BCUT2D eigenvalue weighted by atomic mass is 79.9. The maximum absolute atomic E-state index is 12.3. The van der Waals surface area contributed by atoms with E-state index in [0.29, 0.717) is 15.7 Å². The molecule has 0 aliphatic carbocycles. The van der Waals surface area contributed by atoms with Crippen molar-refractivity contribution in [2.24, 2.45) is 0 Å². The second-order valence-corrected chi connectivity index (χ2v) is 4.89. The second-order valence-electron chi connectivity index (χ2n) is 4.04. The van der Waals surface area contributed by atoms with Crippen molar-refractivity contribution in [3.8, 4) is 0 Å². The molecule has 1 aromatic heterocycles. The van der Waals surface area contributed by atoms with Gasteiger partial charge >= 0.3 is 0 Å². The fourth-order valence-corrected chi connectivity index (χ4v) is 2.11. The van der Waals surface area contributed by atoms with Gasteiger partial charge in [-0.25, -0.2) is 0 Å². The van der Waals surface area contributed by atoms with Gasteiger partial charge in [-0.1, -0.05) is 12.1 Å². The van der Waals surface area contributed by atoms with Crippen LogP contribution < -0.4 is 5.32 Å². The average molecular weight is 336 g/mol. The third-order valence-corrected chi connectivity index (χ3v) is 3.33. The quantitative estimate of drug-likeness (QED) is 0.688. The van der Waals surface area contributed by atoms with Crippen LogP contribution in [0, 0.1) is 17.0 Å². The van der Waals surface area contributed by atoms with Gasteiger partial charge in [0.05, 0.1) is 15.1 Å². The molecule has 1 N–H and O–H groups in total. The zero-order valence-electron chi connectivity index (χ0n) is 10.5. The summed E-state index contributed by atoms with van der Waals surface area (Å²) in [5.74, 6) is -0.526. The highest BCUT2D eigenvalue weighted by Crippen LogP contribution is 2.25. The number of halogens is 1. The fraction of sp³-hybridized carbons (Fsp3) is 0.0769. The lowest BCUT2D eigenvalue weighted by molar-refractivity contribution is -0.385. The van der Waals surface area contributed by atoms with Crippen LogP contribution in [-0.2, 0) is 0 Å². The number of nitro benzene ring substituents is 1. The van der Waals surface area contributed by atoms with Gasteiger partial charge in [0.15, 0.2) is 0 Å². The van der Waals surface area contributed by atoms with Crippen LogP contribution in [0.1, 0.15) is 15.9 Å². The second kappa shape index (κ2) is 5.79. The summed E-state index contributed by atoms with van der Waals surface area (Å²) in [6.07, 6.45) is 3.05. The number of hydrogen-bond acceptors (Lipinski definition) is 4. The first kappa shape index (κ1) is 14.1. The topological polar surface area (TPSA) is 85.1 Å². The number of carbonyl (C=O) groups excluding carboxylic acids is 1. The Hall–Kier alpha value is -2.28. The van der Waals surface area contributed by atoms with Gasteiger partial charge in [0.1, 0.15) is 5.56 Å². The molecule has 102 valence electrons. The van der Waals surface area contributed by atoms with Crippen molar-refractivity contribution in [1.29, 1.82) is 0 Å². The number of rotatable bonds is 3. The van der Waals surface area contributed by atoms with Gasteiger partial charge < -0.3 is 5.32 Å². The highest BCUT2D eigenvalue weighted by Gasteiger charge is 2.22. The summed E-state index contributed by atoms with van der Waals surface area (Å²) < 4.78 is 0.601.